The first-order valence-electron chi connectivity index (χ1n) is 11.1. The molecule has 3 aromatic rings. The van der Waals surface area contributed by atoms with Crippen LogP contribution in [0.1, 0.15) is 18.5 Å². The molecule has 0 atom stereocenters. The number of carbonyl (C=O) groups excluding carboxylic acids is 1. The minimum atomic E-state index is -0.447. The highest BCUT2D eigenvalue weighted by molar-refractivity contribution is 5.94. The SMILES string of the molecule is Cl.O=C1COc2ccc(CNC3CCN(CCn4c(=O)ccc5ncc(F)cc54)CC3)nc2N1. The summed E-state index contributed by atoms with van der Waals surface area (Å²) in [6.07, 6.45) is 3.12. The van der Waals surface area contributed by atoms with Crippen LogP contribution in [0.2, 0.25) is 0 Å². The number of nitrogens with zero attached hydrogens (tertiary/aromatic N) is 4. The third-order valence-electron chi connectivity index (χ3n) is 6.14. The average Bonchev–Trinajstić information content (AvgIpc) is 2.82. The molecular formula is C23H26ClFN6O3. The fraction of sp³-hybridized carbons (Fsp3) is 0.391. The number of carbonyl (C=O) groups is 1. The van der Waals surface area contributed by atoms with Gasteiger partial charge < -0.3 is 24.8 Å². The van der Waals surface area contributed by atoms with Crippen LogP contribution >= 0.6 is 12.4 Å². The molecule has 3 aromatic heterocycles. The lowest BCUT2D eigenvalue weighted by Crippen LogP contribution is -2.43. The van der Waals surface area contributed by atoms with Gasteiger partial charge in [-0.3, -0.25) is 14.6 Å². The molecule has 0 unspecified atom stereocenters. The van der Waals surface area contributed by atoms with Crippen LogP contribution in [-0.2, 0) is 17.9 Å². The van der Waals surface area contributed by atoms with Crippen LogP contribution in [0.4, 0.5) is 10.2 Å². The third-order valence-corrected chi connectivity index (χ3v) is 6.14. The Kier molecular flexibility index (Phi) is 7.40. The molecule has 180 valence electrons. The fourth-order valence-corrected chi connectivity index (χ4v) is 4.33. The number of likely N-dealkylation sites (tertiary alicyclic amines) is 1. The molecule has 2 aliphatic rings. The van der Waals surface area contributed by atoms with Gasteiger partial charge in [0.1, 0.15) is 5.82 Å². The van der Waals surface area contributed by atoms with Crippen molar-refractivity contribution >= 4 is 35.2 Å². The summed E-state index contributed by atoms with van der Waals surface area (Å²) in [5.74, 6) is 0.423. The standard InChI is InChI=1S/C23H25FN6O3.ClH/c24-15-11-19-18(26-12-15)2-4-22(32)30(19)10-9-29-7-5-16(6-8-29)25-13-17-1-3-20-23(27-17)28-21(31)14-33-20;/h1-4,11-12,16,25H,5-10,13-14H2,(H,27,28,31);1H. The summed E-state index contributed by atoms with van der Waals surface area (Å²) in [5, 5.41) is 6.27. The zero-order valence-corrected chi connectivity index (χ0v) is 19.3. The molecule has 0 bridgehead atoms. The van der Waals surface area contributed by atoms with E-state index in [9.17, 15) is 14.0 Å². The molecular weight excluding hydrogens is 463 g/mol. The van der Waals surface area contributed by atoms with Crippen molar-refractivity contribution in [1.29, 1.82) is 0 Å². The molecule has 5 heterocycles. The maximum Gasteiger partial charge on any atom is 0.263 e. The Morgan fingerprint density at radius 1 is 1.15 bits per heavy atom. The lowest BCUT2D eigenvalue weighted by atomic mass is 10.0. The highest BCUT2D eigenvalue weighted by Gasteiger charge is 2.20. The number of piperidine rings is 1. The van der Waals surface area contributed by atoms with Crippen LogP contribution in [0.3, 0.4) is 0 Å². The maximum atomic E-state index is 13.7. The number of anilines is 1. The molecule has 1 saturated heterocycles. The number of hydrogen-bond donors (Lipinski definition) is 2. The zero-order valence-electron chi connectivity index (χ0n) is 18.5. The molecule has 0 aromatic carbocycles. The number of aromatic nitrogens is 3. The van der Waals surface area contributed by atoms with Gasteiger partial charge in [0.15, 0.2) is 18.2 Å². The van der Waals surface area contributed by atoms with Gasteiger partial charge in [0.25, 0.3) is 11.5 Å². The minimum absolute atomic E-state index is 0. The number of halogens is 2. The summed E-state index contributed by atoms with van der Waals surface area (Å²) in [6.45, 7) is 3.66. The number of amides is 1. The highest BCUT2D eigenvalue weighted by Crippen LogP contribution is 2.25. The normalized spacial score (nSPS) is 16.4. The van der Waals surface area contributed by atoms with Gasteiger partial charge in [0.05, 0.1) is 22.9 Å². The van der Waals surface area contributed by atoms with Crippen LogP contribution in [0.15, 0.2) is 41.3 Å². The van der Waals surface area contributed by atoms with Gasteiger partial charge in [-0.25, -0.2) is 9.37 Å². The van der Waals surface area contributed by atoms with E-state index < -0.39 is 5.82 Å². The van der Waals surface area contributed by atoms with E-state index in [1.807, 2.05) is 12.1 Å². The molecule has 5 rings (SSSR count). The Hall–Kier alpha value is -3.08. The lowest BCUT2D eigenvalue weighted by molar-refractivity contribution is -0.118. The third kappa shape index (κ3) is 5.35. The van der Waals surface area contributed by atoms with Crippen molar-refractivity contribution in [2.24, 2.45) is 0 Å². The molecule has 1 amide bonds. The van der Waals surface area contributed by atoms with E-state index in [0.717, 1.165) is 31.6 Å². The first-order valence-corrected chi connectivity index (χ1v) is 11.1. The first-order chi connectivity index (χ1) is 16.0. The second kappa shape index (κ2) is 10.5. The van der Waals surface area contributed by atoms with Crippen LogP contribution in [0.25, 0.3) is 11.0 Å². The molecule has 0 spiro atoms. The van der Waals surface area contributed by atoms with Crippen LogP contribution in [0, 0.1) is 5.82 Å². The molecule has 0 saturated carbocycles. The van der Waals surface area contributed by atoms with E-state index in [0.29, 0.717) is 48.3 Å². The number of pyridine rings is 3. The van der Waals surface area contributed by atoms with E-state index in [4.69, 9.17) is 4.74 Å². The van der Waals surface area contributed by atoms with E-state index in [2.05, 4.69) is 25.5 Å². The van der Waals surface area contributed by atoms with Gasteiger partial charge in [0, 0.05) is 37.8 Å². The summed E-state index contributed by atoms with van der Waals surface area (Å²) in [7, 11) is 0. The van der Waals surface area contributed by atoms with Gasteiger partial charge in [-0.2, -0.15) is 0 Å². The molecule has 1 fully saturated rings. The summed E-state index contributed by atoms with van der Waals surface area (Å²) in [5.41, 5.74) is 1.84. The summed E-state index contributed by atoms with van der Waals surface area (Å²) >= 11 is 0. The zero-order chi connectivity index (χ0) is 22.8. The first kappa shape index (κ1) is 24.1. The van der Waals surface area contributed by atoms with Crippen molar-refractivity contribution in [3.05, 3.63) is 58.4 Å². The fourth-order valence-electron chi connectivity index (χ4n) is 4.33. The number of ether oxygens (including phenoxy) is 1. The van der Waals surface area contributed by atoms with Crippen molar-refractivity contribution in [3.63, 3.8) is 0 Å². The largest absolute Gasteiger partial charge is 0.480 e. The number of rotatable bonds is 6. The Labute approximate surface area is 201 Å². The van der Waals surface area contributed by atoms with E-state index >= 15 is 0 Å². The minimum Gasteiger partial charge on any atom is -0.480 e. The van der Waals surface area contributed by atoms with Gasteiger partial charge in [-0.15, -0.1) is 12.4 Å². The van der Waals surface area contributed by atoms with E-state index in [1.54, 1.807) is 10.6 Å². The predicted octanol–water partition coefficient (Wildman–Crippen LogP) is 1.94. The van der Waals surface area contributed by atoms with Crippen molar-refractivity contribution < 1.29 is 13.9 Å². The Morgan fingerprint density at radius 3 is 2.79 bits per heavy atom. The van der Waals surface area contributed by atoms with Crippen molar-refractivity contribution in [3.8, 4) is 5.75 Å². The number of fused-ring (bicyclic) bond motifs is 2. The predicted molar refractivity (Wildman–Crippen MR) is 128 cm³/mol. The average molecular weight is 489 g/mol. The van der Waals surface area contributed by atoms with Crippen LogP contribution in [-0.4, -0.2) is 57.6 Å². The molecule has 2 N–H and O–H groups in total. The Bertz CT molecular complexity index is 1250. The van der Waals surface area contributed by atoms with Crippen LogP contribution in [0.5, 0.6) is 5.75 Å². The lowest BCUT2D eigenvalue weighted by Gasteiger charge is -2.32. The number of hydrogen-bond acceptors (Lipinski definition) is 7. The summed E-state index contributed by atoms with van der Waals surface area (Å²) in [6, 6.07) is 8.57. The van der Waals surface area contributed by atoms with Crippen molar-refractivity contribution in [2.75, 3.05) is 31.6 Å². The van der Waals surface area contributed by atoms with Gasteiger partial charge >= 0.3 is 0 Å². The molecule has 0 aliphatic carbocycles. The second-order valence-electron chi connectivity index (χ2n) is 8.36. The van der Waals surface area contributed by atoms with Gasteiger partial charge in [0.2, 0.25) is 0 Å². The summed E-state index contributed by atoms with van der Waals surface area (Å²) in [4.78, 5) is 34.7. The molecule has 2 aliphatic heterocycles. The molecule has 11 heteroatoms. The van der Waals surface area contributed by atoms with Crippen molar-refractivity contribution in [1.82, 2.24) is 24.8 Å². The van der Waals surface area contributed by atoms with Crippen molar-refractivity contribution in [2.45, 2.75) is 32.0 Å². The molecule has 34 heavy (non-hydrogen) atoms. The smallest absolute Gasteiger partial charge is 0.263 e. The molecule has 0 radical (unpaired) electrons. The van der Waals surface area contributed by atoms with Gasteiger partial charge in [-0.1, -0.05) is 0 Å². The van der Waals surface area contributed by atoms with E-state index in [-0.39, 0.29) is 30.5 Å². The quantitative estimate of drug-likeness (QED) is 0.546. The number of nitrogens with one attached hydrogen (secondary N) is 2. The maximum absolute atomic E-state index is 13.7. The Morgan fingerprint density at radius 2 is 1.97 bits per heavy atom. The van der Waals surface area contributed by atoms with Crippen LogP contribution < -0.4 is 20.9 Å². The second-order valence-corrected chi connectivity index (χ2v) is 8.36. The monoisotopic (exact) mass is 488 g/mol. The highest BCUT2D eigenvalue weighted by atomic mass is 35.5. The summed E-state index contributed by atoms with van der Waals surface area (Å²) < 4.78 is 20.6. The van der Waals surface area contributed by atoms with Gasteiger partial charge in [-0.05, 0) is 44.1 Å². The van der Waals surface area contributed by atoms with E-state index in [1.165, 1.54) is 18.3 Å². The molecule has 9 nitrogen and oxygen atoms in total. The Balaban J connectivity index is 0.00000274. The topological polar surface area (TPSA) is 101 Å².